The highest BCUT2D eigenvalue weighted by molar-refractivity contribution is 5.53. The van der Waals surface area contributed by atoms with Gasteiger partial charge in [-0.3, -0.25) is 0 Å². The van der Waals surface area contributed by atoms with Gasteiger partial charge in [0.05, 0.1) is 0 Å². The maximum atomic E-state index is 9.01. The van der Waals surface area contributed by atoms with E-state index in [-0.39, 0.29) is 12.0 Å². The average Bonchev–Trinajstić information content (AvgIpc) is 3.05. The van der Waals surface area contributed by atoms with Gasteiger partial charge in [0.1, 0.15) is 0 Å². The smallest absolute Gasteiger partial charge is 0.263 e. The molecule has 2 aromatic rings. The molecule has 0 unspecified atom stereocenters. The van der Waals surface area contributed by atoms with Gasteiger partial charge in [0, 0.05) is 18.7 Å². The van der Waals surface area contributed by atoms with Crippen LogP contribution in [0.25, 0.3) is 11.5 Å². The van der Waals surface area contributed by atoms with Crippen molar-refractivity contribution in [1.82, 2.24) is 10.1 Å². The first kappa shape index (κ1) is 12.2. The number of aromatic nitrogens is 2. The lowest BCUT2D eigenvalue weighted by Gasteiger charge is -2.12. The van der Waals surface area contributed by atoms with Gasteiger partial charge in [-0.15, -0.1) is 0 Å². The Kier molecular flexibility index (Phi) is 3.21. The Bertz CT molecular complexity index is 535. The molecule has 3 rings (SSSR count). The van der Waals surface area contributed by atoms with E-state index < -0.39 is 0 Å². The zero-order chi connectivity index (χ0) is 13.1. The molecule has 2 N–H and O–H groups in total. The van der Waals surface area contributed by atoms with Crippen molar-refractivity contribution < 1.29 is 9.63 Å². The van der Waals surface area contributed by atoms with Crippen LogP contribution in [0.4, 0.5) is 5.95 Å². The van der Waals surface area contributed by atoms with Crippen molar-refractivity contribution in [2.45, 2.75) is 19.3 Å². The minimum Gasteiger partial charge on any atom is -0.396 e. The first-order valence-electron chi connectivity index (χ1n) is 6.55. The van der Waals surface area contributed by atoms with Crippen LogP contribution in [0.15, 0.2) is 34.9 Å². The monoisotopic (exact) mass is 259 g/mol. The summed E-state index contributed by atoms with van der Waals surface area (Å²) in [6.07, 6.45) is 3.15. The van der Waals surface area contributed by atoms with Gasteiger partial charge in [0.25, 0.3) is 11.8 Å². The van der Waals surface area contributed by atoms with Crippen LogP contribution >= 0.6 is 0 Å². The number of hydrogen-bond donors (Lipinski definition) is 2. The summed E-state index contributed by atoms with van der Waals surface area (Å²) >= 11 is 0. The Morgan fingerprint density at radius 1 is 1.26 bits per heavy atom. The molecule has 0 saturated heterocycles. The zero-order valence-electron chi connectivity index (χ0n) is 10.7. The first-order valence-corrected chi connectivity index (χ1v) is 6.55. The molecule has 0 amide bonds. The number of anilines is 1. The maximum Gasteiger partial charge on any atom is 0.263 e. The molecule has 0 radical (unpaired) electrons. The fourth-order valence-electron chi connectivity index (χ4n) is 2.19. The number of nitrogens with zero attached hydrogens (tertiary/aromatic N) is 2. The molecule has 19 heavy (non-hydrogen) atoms. The SMILES string of the molecule is OCCC1(CNc2noc(-c3ccccc3)n2)CC1. The highest BCUT2D eigenvalue weighted by atomic mass is 16.5. The molecule has 100 valence electrons. The van der Waals surface area contributed by atoms with Gasteiger partial charge in [-0.05, 0) is 42.0 Å². The zero-order valence-corrected chi connectivity index (χ0v) is 10.7. The summed E-state index contributed by atoms with van der Waals surface area (Å²) in [5, 5.41) is 16.1. The summed E-state index contributed by atoms with van der Waals surface area (Å²) in [5.41, 5.74) is 1.15. The molecule has 0 spiro atoms. The van der Waals surface area contributed by atoms with Gasteiger partial charge in [0.2, 0.25) is 0 Å². The van der Waals surface area contributed by atoms with Crippen LogP contribution in [0.2, 0.25) is 0 Å². The van der Waals surface area contributed by atoms with E-state index in [0.717, 1.165) is 31.4 Å². The number of aliphatic hydroxyl groups is 1. The lowest BCUT2D eigenvalue weighted by Crippen LogP contribution is -2.17. The van der Waals surface area contributed by atoms with Crippen molar-refractivity contribution in [1.29, 1.82) is 0 Å². The minimum absolute atomic E-state index is 0.238. The fourth-order valence-corrected chi connectivity index (χ4v) is 2.19. The van der Waals surface area contributed by atoms with Gasteiger partial charge < -0.3 is 14.9 Å². The van der Waals surface area contributed by atoms with Crippen molar-refractivity contribution >= 4 is 5.95 Å². The Morgan fingerprint density at radius 2 is 2.05 bits per heavy atom. The second kappa shape index (κ2) is 5.01. The maximum absolute atomic E-state index is 9.01. The van der Waals surface area contributed by atoms with Crippen LogP contribution in [0.3, 0.4) is 0 Å². The summed E-state index contributed by atoms with van der Waals surface area (Å²) in [4.78, 5) is 4.32. The number of benzene rings is 1. The summed E-state index contributed by atoms with van der Waals surface area (Å²) in [7, 11) is 0. The van der Waals surface area contributed by atoms with Crippen molar-refractivity contribution in [2.75, 3.05) is 18.5 Å². The molecular weight excluding hydrogens is 242 g/mol. The van der Waals surface area contributed by atoms with E-state index in [1.54, 1.807) is 0 Å². The van der Waals surface area contributed by atoms with Crippen molar-refractivity contribution in [3.8, 4) is 11.5 Å². The lowest BCUT2D eigenvalue weighted by atomic mass is 10.0. The third-order valence-corrected chi connectivity index (χ3v) is 3.67. The molecule has 1 aliphatic rings. The highest BCUT2D eigenvalue weighted by Gasteiger charge is 2.41. The van der Waals surface area contributed by atoms with E-state index in [1.165, 1.54) is 0 Å². The number of nitrogens with one attached hydrogen (secondary N) is 1. The molecule has 1 saturated carbocycles. The summed E-state index contributed by atoms with van der Waals surface area (Å²) in [6.45, 7) is 1.03. The highest BCUT2D eigenvalue weighted by Crippen LogP contribution is 2.48. The Balaban J connectivity index is 1.63. The molecule has 0 aliphatic heterocycles. The summed E-state index contributed by atoms with van der Waals surface area (Å²) in [5.74, 6) is 1.04. The first-order chi connectivity index (χ1) is 9.31. The van der Waals surface area contributed by atoms with Gasteiger partial charge >= 0.3 is 0 Å². The third-order valence-electron chi connectivity index (χ3n) is 3.67. The second-order valence-electron chi connectivity index (χ2n) is 5.12. The molecule has 1 aromatic carbocycles. The van der Waals surface area contributed by atoms with Crippen molar-refractivity contribution in [3.05, 3.63) is 30.3 Å². The van der Waals surface area contributed by atoms with Crippen LogP contribution in [0, 0.1) is 5.41 Å². The Hall–Kier alpha value is -1.88. The Morgan fingerprint density at radius 3 is 2.74 bits per heavy atom. The summed E-state index contributed by atoms with van der Waals surface area (Å²) in [6, 6.07) is 9.70. The number of hydrogen-bond acceptors (Lipinski definition) is 5. The van der Waals surface area contributed by atoms with Crippen LogP contribution in [-0.2, 0) is 0 Å². The average molecular weight is 259 g/mol. The van der Waals surface area contributed by atoms with Gasteiger partial charge in [-0.2, -0.15) is 4.98 Å². The van der Waals surface area contributed by atoms with E-state index in [2.05, 4.69) is 15.5 Å². The molecule has 1 aromatic heterocycles. The van der Waals surface area contributed by atoms with E-state index >= 15 is 0 Å². The van der Waals surface area contributed by atoms with E-state index in [9.17, 15) is 0 Å². The molecule has 5 heteroatoms. The van der Waals surface area contributed by atoms with E-state index in [1.807, 2.05) is 30.3 Å². The van der Waals surface area contributed by atoms with E-state index in [4.69, 9.17) is 9.63 Å². The quantitative estimate of drug-likeness (QED) is 0.833. The van der Waals surface area contributed by atoms with Gasteiger partial charge in [-0.1, -0.05) is 18.2 Å². The van der Waals surface area contributed by atoms with Gasteiger partial charge in [-0.25, -0.2) is 0 Å². The van der Waals surface area contributed by atoms with Crippen LogP contribution in [0.1, 0.15) is 19.3 Å². The third kappa shape index (κ3) is 2.76. The molecule has 5 nitrogen and oxygen atoms in total. The molecule has 1 fully saturated rings. The lowest BCUT2D eigenvalue weighted by molar-refractivity contribution is 0.253. The van der Waals surface area contributed by atoms with Crippen molar-refractivity contribution in [2.24, 2.45) is 5.41 Å². The van der Waals surface area contributed by atoms with Crippen LogP contribution < -0.4 is 5.32 Å². The van der Waals surface area contributed by atoms with Crippen molar-refractivity contribution in [3.63, 3.8) is 0 Å². The minimum atomic E-state index is 0.238. The predicted molar refractivity (Wildman–Crippen MR) is 71.6 cm³/mol. The standard InChI is InChI=1S/C14H17N3O2/c18-9-8-14(6-7-14)10-15-13-16-12(19-17-13)11-4-2-1-3-5-11/h1-5,18H,6-10H2,(H,15,17). The Labute approximate surface area is 111 Å². The molecule has 1 heterocycles. The van der Waals surface area contributed by atoms with Crippen LogP contribution in [-0.4, -0.2) is 28.4 Å². The van der Waals surface area contributed by atoms with Gasteiger partial charge in [0.15, 0.2) is 0 Å². The van der Waals surface area contributed by atoms with Crippen LogP contribution in [0.5, 0.6) is 0 Å². The summed E-state index contributed by atoms with van der Waals surface area (Å²) < 4.78 is 5.22. The molecule has 1 aliphatic carbocycles. The van der Waals surface area contributed by atoms with E-state index in [0.29, 0.717) is 11.8 Å². The topological polar surface area (TPSA) is 71.2 Å². The second-order valence-corrected chi connectivity index (χ2v) is 5.12. The molecule has 0 bridgehead atoms. The predicted octanol–water partition coefficient (Wildman–Crippen LogP) is 2.31. The largest absolute Gasteiger partial charge is 0.396 e. The fraction of sp³-hybridized carbons (Fsp3) is 0.429. The molecular formula is C14H17N3O2. The normalized spacial score (nSPS) is 16.3. The molecule has 0 atom stereocenters. The number of aliphatic hydroxyl groups excluding tert-OH is 1. The number of rotatable bonds is 6.